The standard InChI is InChI=1S/C29H41N3O3S2/c1-19(28(34)30-11-12-32-13-15-35-16-14-32)22-9-10-29(3)17-23-26(20(2)25(29)27(22)33)31-24(37-23)18-36-21-7-5-4-6-8-21/h4-8,19-20,22,25,27,33H,9-18H2,1-3H3,(H,30,34)/t19-,20-,22-,25+,27-,29-/m0/s1. The maximum Gasteiger partial charge on any atom is 0.223 e. The lowest BCUT2D eigenvalue weighted by molar-refractivity contribution is -0.134. The zero-order valence-corrected chi connectivity index (χ0v) is 24.0. The van der Waals surface area contributed by atoms with E-state index in [1.807, 2.05) is 36.1 Å². The molecule has 3 aliphatic rings. The molecule has 2 fully saturated rings. The van der Waals surface area contributed by atoms with Crippen molar-refractivity contribution in [3.05, 3.63) is 45.9 Å². The van der Waals surface area contributed by atoms with Crippen LogP contribution in [-0.4, -0.2) is 66.4 Å². The minimum absolute atomic E-state index is 0.0165. The lowest BCUT2D eigenvalue weighted by atomic mass is 9.53. The topological polar surface area (TPSA) is 74.7 Å². The Morgan fingerprint density at radius 2 is 2.08 bits per heavy atom. The smallest absolute Gasteiger partial charge is 0.223 e. The molecule has 0 spiro atoms. The van der Waals surface area contributed by atoms with Crippen molar-refractivity contribution in [2.75, 3.05) is 39.4 Å². The van der Waals surface area contributed by atoms with Crippen LogP contribution in [0.4, 0.5) is 0 Å². The summed E-state index contributed by atoms with van der Waals surface area (Å²) >= 11 is 3.69. The Morgan fingerprint density at radius 1 is 1.32 bits per heavy atom. The Morgan fingerprint density at radius 3 is 2.84 bits per heavy atom. The van der Waals surface area contributed by atoms with Crippen LogP contribution in [0.3, 0.4) is 0 Å². The highest BCUT2D eigenvalue weighted by atomic mass is 32.2. The van der Waals surface area contributed by atoms with Crippen molar-refractivity contribution in [1.82, 2.24) is 15.2 Å². The number of benzene rings is 1. The molecule has 37 heavy (non-hydrogen) atoms. The summed E-state index contributed by atoms with van der Waals surface area (Å²) in [7, 11) is 0. The number of aliphatic hydroxyl groups is 1. The van der Waals surface area contributed by atoms with Gasteiger partial charge in [0.25, 0.3) is 0 Å². The molecule has 2 aromatic rings. The number of amides is 1. The van der Waals surface area contributed by atoms with Crippen molar-refractivity contribution in [1.29, 1.82) is 0 Å². The van der Waals surface area contributed by atoms with Gasteiger partial charge in [0.15, 0.2) is 0 Å². The van der Waals surface area contributed by atoms with E-state index in [2.05, 4.69) is 48.3 Å². The van der Waals surface area contributed by atoms with Gasteiger partial charge in [0.2, 0.25) is 5.91 Å². The number of fused-ring (bicyclic) bond motifs is 2. The molecule has 0 radical (unpaired) electrons. The molecular formula is C29H41N3O3S2. The van der Waals surface area contributed by atoms with Crippen molar-refractivity contribution in [3.8, 4) is 0 Å². The summed E-state index contributed by atoms with van der Waals surface area (Å²) in [6.45, 7) is 11.5. The molecule has 8 heteroatoms. The van der Waals surface area contributed by atoms with E-state index in [1.165, 1.54) is 20.5 Å². The number of carbonyl (C=O) groups is 1. The Bertz CT molecular complexity index is 1060. The van der Waals surface area contributed by atoms with Gasteiger partial charge in [0.1, 0.15) is 5.01 Å². The van der Waals surface area contributed by atoms with Gasteiger partial charge in [-0.05, 0) is 48.6 Å². The van der Waals surface area contributed by atoms with Crippen molar-refractivity contribution in [2.45, 2.75) is 62.7 Å². The molecule has 1 aromatic carbocycles. The molecule has 2 aliphatic carbocycles. The molecule has 0 bridgehead atoms. The van der Waals surface area contributed by atoms with Crippen LogP contribution in [0.15, 0.2) is 35.2 Å². The summed E-state index contributed by atoms with van der Waals surface area (Å²) in [5.41, 5.74) is 1.23. The SMILES string of the molecule is C[C@H](C(=O)NCCN1CCOCC1)[C@@H]1CC[C@@]2(C)Cc3sc(CSc4ccccc4)nc3[C@@H](C)[C@@H]2[C@H]1O. The predicted molar refractivity (Wildman–Crippen MR) is 150 cm³/mol. The molecule has 1 saturated heterocycles. The molecule has 0 unspecified atom stereocenters. The average Bonchev–Trinajstić information content (AvgIpc) is 3.31. The second-order valence-electron chi connectivity index (χ2n) is 11.4. The Labute approximate surface area is 229 Å². The largest absolute Gasteiger partial charge is 0.392 e. The lowest BCUT2D eigenvalue weighted by Crippen LogP contribution is -2.53. The second kappa shape index (κ2) is 11.7. The minimum atomic E-state index is -0.495. The van der Waals surface area contributed by atoms with Crippen molar-refractivity contribution in [3.63, 3.8) is 0 Å². The van der Waals surface area contributed by atoms with Gasteiger partial charge in [0, 0.05) is 47.8 Å². The number of carbonyl (C=O) groups excluding carboxylic acids is 1. The molecule has 202 valence electrons. The maximum atomic E-state index is 13.1. The number of rotatable bonds is 8. The van der Waals surface area contributed by atoms with Crippen molar-refractivity contribution >= 4 is 29.0 Å². The van der Waals surface area contributed by atoms with Gasteiger partial charge in [-0.2, -0.15) is 0 Å². The summed E-state index contributed by atoms with van der Waals surface area (Å²) in [4.78, 5) is 23.1. The van der Waals surface area contributed by atoms with Crippen molar-refractivity contribution < 1.29 is 14.6 Å². The Balaban J connectivity index is 1.22. The molecule has 1 saturated carbocycles. The number of aliphatic hydroxyl groups excluding tert-OH is 1. The number of nitrogens with zero attached hydrogens (tertiary/aromatic N) is 2. The number of thiazole rings is 1. The molecule has 6 atom stereocenters. The summed E-state index contributed by atoms with van der Waals surface area (Å²) in [6, 6.07) is 10.5. The fraction of sp³-hybridized carbons (Fsp3) is 0.655. The zero-order valence-electron chi connectivity index (χ0n) is 22.3. The van der Waals surface area contributed by atoms with Crippen LogP contribution in [-0.2, 0) is 21.7 Å². The summed E-state index contributed by atoms with van der Waals surface area (Å²) in [5, 5.41) is 16.0. The molecule has 1 aliphatic heterocycles. The fourth-order valence-electron chi connectivity index (χ4n) is 6.84. The number of thioether (sulfide) groups is 1. The molecule has 6 nitrogen and oxygen atoms in total. The number of ether oxygens (including phenoxy) is 1. The van der Waals surface area contributed by atoms with E-state index >= 15 is 0 Å². The van der Waals surface area contributed by atoms with Crippen LogP contribution in [0.25, 0.3) is 0 Å². The van der Waals surface area contributed by atoms with Crippen LogP contribution >= 0.6 is 23.1 Å². The first-order valence-corrected chi connectivity index (χ1v) is 15.6. The van der Waals surface area contributed by atoms with Gasteiger partial charge in [-0.15, -0.1) is 23.1 Å². The van der Waals surface area contributed by atoms with Crippen LogP contribution in [0.1, 0.15) is 55.1 Å². The van der Waals surface area contributed by atoms with Crippen LogP contribution in [0, 0.1) is 23.2 Å². The molecule has 1 aromatic heterocycles. The first-order chi connectivity index (χ1) is 17.9. The number of hydrogen-bond donors (Lipinski definition) is 2. The Kier molecular flexibility index (Phi) is 8.61. The van der Waals surface area contributed by atoms with Gasteiger partial charge in [0.05, 0.1) is 30.8 Å². The second-order valence-corrected chi connectivity index (χ2v) is 13.6. The number of nitrogens with one attached hydrogen (secondary N) is 1. The third-order valence-corrected chi connectivity index (χ3v) is 11.2. The highest BCUT2D eigenvalue weighted by Gasteiger charge is 2.53. The number of aromatic nitrogens is 1. The van der Waals surface area contributed by atoms with Crippen LogP contribution in [0.5, 0.6) is 0 Å². The number of hydrogen-bond acceptors (Lipinski definition) is 7. The molecule has 2 N–H and O–H groups in total. The van der Waals surface area contributed by atoms with Gasteiger partial charge in [-0.3, -0.25) is 9.69 Å². The van der Waals surface area contributed by atoms with E-state index in [-0.39, 0.29) is 35.0 Å². The normalized spacial score (nSPS) is 30.8. The first kappa shape index (κ1) is 27.1. The van der Waals surface area contributed by atoms with E-state index in [0.29, 0.717) is 6.54 Å². The van der Waals surface area contributed by atoms with E-state index in [0.717, 1.165) is 57.9 Å². The van der Waals surface area contributed by atoms with Crippen LogP contribution in [0.2, 0.25) is 0 Å². The summed E-state index contributed by atoms with van der Waals surface area (Å²) < 4.78 is 5.41. The quantitative estimate of drug-likeness (QED) is 0.475. The highest BCUT2D eigenvalue weighted by Crippen LogP contribution is 2.57. The molecular weight excluding hydrogens is 502 g/mol. The Hall–Kier alpha value is -1.45. The van der Waals surface area contributed by atoms with Crippen LogP contribution < -0.4 is 5.32 Å². The summed E-state index contributed by atoms with van der Waals surface area (Å²) in [6.07, 6.45) is 2.42. The predicted octanol–water partition coefficient (Wildman–Crippen LogP) is 4.57. The first-order valence-electron chi connectivity index (χ1n) is 13.8. The third-order valence-electron chi connectivity index (χ3n) is 8.96. The van der Waals surface area contributed by atoms with Gasteiger partial charge < -0.3 is 15.2 Å². The van der Waals surface area contributed by atoms with Crippen molar-refractivity contribution in [2.24, 2.45) is 23.2 Å². The molecule has 1 amide bonds. The van der Waals surface area contributed by atoms with Gasteiger partial charge >= 0.3 is 0 Å². The van der Waals surface area contributed by atoms with E-state index in [4.69, 9.17) is 9.72 Å². The highest BCUT2D eigenvalue weighted by molar-refractivity contribution is 7.98. The number of morpholine rings is 1. The van der Waals surface area contributed by atoms with E-state index < -0.39 is 6.10 Å². The lowest BCUT2D eigenvalue weighted by Gasteiger charge is -2.53. The fourth-order valence-corrected chi connectivity index (χ4v) is 9.12. The average molecular weight is 544 g/mol. The minimum Gasteiger partial charge on any atom is -0.392 e. The van der Waals surface area contributed by atoms with Gasteiger partial charge in [-0.1, -0.05) is 39.0 Å². The maximum absolute atomic E-state index is 13.1. The molecule has 5 rings (SSSR count). The molecule has 2 heterocycles. The third kappa shape index (κ3) is 5.93. The van der Waals surface area contributed by atoms with E-state index in [1.54, 1.807) is 0 Å². The monoisotopic (exact) mass is 543 g/mol. The van der Waals surface area contributed by atoms with Gasteiger partial charge in [-0.25, -0.2) is 4.98 Å². The van der Waals surface area contributed by atoms with E-state index in [9.17, 15) is 9.90 Å². The summed E-state index contributed by atoms with van der Waals surface area (Å²) in [5.74, 6) is 1.04. The zero-order chi connectivity index (χ0) is 26.0.